The number of anilines is 1. The van der Waals surface area contributed by atoms with Gasteiger partial charge in [-0.2, -0.15) is 4.37 Å². The second-order valence-electron chi connectivity index (χ2n) is 3.47. The maximum atomic E-state index is 11.5. The van der Waals surface area contributed by atoms with Crippen molar-refractivity contribution in [2.75, 3.05) is 5.32 Å². The Bertz CT molecular complexity index is 498. The summed E-state index contributed by atoms with van der Waals surface area (Å²) in [5, 5.41) is 19.7. The molecule has 1 unspecified atom stereocenters. The zero-order valence-electron chi connectivity index (χ0n) is 9.34. The zero-order chi connectivity index (χ0) is 13.9. The number of aromatic carboxylic acids is 1. The van der Waals surface area contributed by atoms with E-state index in [1.807, 2.05) is 0 Å². The molecule has 0 aliphatic rings. The fourth-order valence-electron chi connectivity index (χ4n) is 1.19. The summed E-state index contributed by atoms with van der Waals surface area (Å²) in [6.07, 6.45) is -0.536. The lowest BCUT2D eigenvalue weighted by molar-refractivity contribution is -0.138. The van der Waals surface area contributed by atoms with Gasteiger partial charge >= 0.3 is 11.9 Å². The molecule has 1 aromatic heterocycles. The molecule has 1 rings (SSSR count). The summed E-state index contributed by atoms with van der Waals surface area (Å²) in [5.74, 6) is -3.19. The third kappa shape index (κ3) is 3.25. The number of carboxylic acids is 2. The topological polar surface area (TPSA) is 143 Å². The lowest BCUT2D eigenvalue weighted by atomic mass is 10.2. The first-order valence-corrected chi connectivity index (χ1v) is 5.58. The second-order valence-corrected chi connectivity index (χ2v) is 4.24. The van der Waals surface area contributed by atoms with Gasteiger partial charge in [-0.3, -0.25) is 9.59 Å². The van der Waals surface area contributed by atoms with Crippen LogP contribution in [0, 0.1) is 6.92 Å². The van der Waals surface area contributed by atoms with Crippen LogP contribution in [0.5, 0.6) is 0 Å². The van der Waals surface area contributed by atoms with Gasteiger partial charge in [-0.05, 0) is 18.5 Å². The molecule has 18 heavy (non-hydrogen) atoms. The molecule has 0 bridgehead atoms. The molecule has 0 fully saturated rings. The highest BCUT2D eigenvalue weighted by Crippen LogP contribution is 2.24. The Morgan fingerprint density at radius 2 is 2.06 bits per heavy atom. The third-order valence-corrected chi connectivity index (χ3v) is 2.90. The molecular weight excluding hydrogens is 262 g/mol. The molecule has 8 nitrogen and oxygen atoms in total. The van der Waals surface area contributed by atoms with Crippen LogP contribution in [-0.2, 0) is 9.59 Å². The Balaban J connectivity index is 2.82. The summed E-state index contributed by atoms with van der Waals surface area (Å²) >= 11 is 0.803. The quantitative estimate of drug-likeness (QED) is 0.586. The van der Waals surface area contributed by atoms with Gasteiger partial charge in [0, 0.05) is 0 Å². The average molecular weight is 273 g/mol. The van der Waals surface area contributed by atoms with Gasteiger partial charge in [0.05, 0.1) is 18.2 Å². The van der Waals surface area contributed by atoms with Crippen molar-refractivity contribution in [1.29, 1.82) is 0 Å². The van der Waals surface area contributed by atoms with Crippen LogP contribution >= 0.6 is 11.5 Å². The normalized spacial score (nSPS) is 11.9. The van der Waals surface area contributed by atoms with Crippen LogP contribution in [0.1, 0.15) is 22.5 Å². The number of amides is 1. The van der Waals surface area contributed by atoms with E-state index in [-0.39, 0.29) is 16.3 Å². The predicted octanol–water partition coefficient (Wildman–Crippen LogP) is -0.110. The van der Waals surface area contributed by atoms with Gasteiger partial charge in [-0.1, -0.05) is 0 Å². The molecule has 0 aromatic carbocycles. The van der Waals surface area contributed by atoms with Crippen LogP contribution in [0.4, 0.5) is 5.00 Å². The minimum absolute atomic E-state index is 0.0471. The maximum Gasteiger partial charge on any atom is 0.340 e. The lowest BCUT2D eigenvalue weighted by Crippen LogP contribution is -2.37. The molecule has 9 heteroatoms. The van der Waals surface area contributed by atoms with Crippen molar-refractivity contribution < 1.29 is 24.6 Å². The maximum absolute atomic E-state index is 11.5. The van der Waals surface area contributed by atoms with Gasteiger partial charge in [0.1, 0.15) is 10.6 Å². The number of rotatable bonds is 5. The van der Waals surface area contributed by atoms with Gasteiger partial charge in [-0.15, -0.1) is 0 Å². The number of hydrogen-bond donors (Lipinski definition) is 4. The smallest absolute Gasteiger partial charge is 0.340 e. The highest BCUT2D eigenvalue weighted by atomic mass is 32.1. The van der Waals surface area contributed by atoms with E-state index in [1.54, 1.807) is 0 Å². The molecule has 0 radical (unpaired) electrons. The molecule has 0 saturated carbocycles. The number of aliphatic carboxylic acids is 1. The number of hydrogen-bond acceptors (Lipinski definition) is 6. The minimum atomic E-state index is -1.24. The number of carbonyl (C=O) groups is 3. The Morgan fingerprint density at radius 1 is 1.44 bits per heavy atom. The molecule has 1 atom stereocenters. The van der Waals surface area contributed by atoms with E-state index in [2.05, 4.69) is 9.69 Å². The minimum Gasteiger partial charge on any atom is -0.481 e. The van der Waals surface area contributed by atoms with Crippen LogP contribution < -0.4 is 11.1 Å². The zero-order valence-corrected chi connectivity index (χ0v) is 10.2. The third-order valence-electron chi connectivity index (χ3n) is 2.04. The number of aryl methyl sites for hydroxylation is 1. The Hall–Kier alpha value is -2.00. The highest BCUT2D eigenvalue weighted by molar-refractivity contribution is 7.11. The summed E-state index contributed by atoms with van der Waals surface area (Å²) in [6.45, 7) is 1.49. The molecule has 1 aromatic rings. The van der Waals surface area contributed by atoms with Crippen molar-refractivity contribution in [1.82, 2.24) is 4.37 Å². The fraction of sp³-hybridized carbons (Fsp3) is 0.333. The van der Waals surface area contributed by atoms with Crippen molar-refractivity contribution in [2.24, 2.45) is 5.73 Å². The van der Waals surface area contributed by atoms with E-state index in [4.69, 9.17) is 15.9 Å². The molecule has 5 N–H and O–H groups in total. The van der Waals surface area contributed by atoms with E-state index in [0.29, 0.717) is 0 Å². The molecule has 1 heterocycles. The molecule has 0 aliphatic carbocycles. The Labute approximate surface area is 106 Å². The number of nitrogens with one attached hydrogen (secondary N) is 1. The van der Waals surface area contributed by atoms with Gasteiger partial charge in [-0.25, -0.2) is 4.79 Å². The van der Waals surface area contributed by atoms with Crippen molar-refractivity contribution in [3.63, 3.8) is 0 Å². The van der Waals surface area contributed by atoms with Crippen LogP contribution in [0.2, 0.25) is 0 Å². The van der Waals surface area contributed by atoms with Crippen molar-refractivity contribution >= 4 is 34.4 Å². The van der Waals surface area contributed by atoms with Crippen LogP contribution in [-0.4, -0.2) is 38.5 Å². The van der Waals surface area contributed by atoms with Crippen molar-refractivity contribution in [2.45, 2.75) is 19.4 Å². The summed E-state index contributed by atoms with van der Waals surface area (Å²) in [4.78, 5) is 32.8. The first-order chi connectivity index (χ1) is 8.32. The van der Waals surface area contributed by atoms with Crippen LogP contribution in [0.3, 0.4) is 0 Å². The SMILES string of the molecule is Cc1nsc(NC(=O)C(N)CC(=O)O)c1C(=O)O. The van der Waals surface area contributed by atoms with Crippen LogP contribution in [0.25, 0.3) is 0 Å². The van der Waals surface area contributed by atoms with E-state index >= 15 is 0 Å². The molecular formula is C9H11N3O5S. The van der Waals surface area contributed by atoms with Crippen molar-refractivity contribution in [3.05, 3.63) is 11.3 Å². The van der Waals surface area contributed by atoms with E-state index in [0.717, 1.165) is 11.5 Å². The standard InChI is InChI=1S/C9H11N3O5S/c1-3-6(9(16)17)8(18-12-3)11-7(15)4(10)2-5(13)14/h4H,2,10H2,1H3,(H,11,15)(H,13,14)(H,16,17). The van der Waals surface area contributed by atoms with Gasteiger partial charge in [0.25, 0.3) is 0 Å². The Kier molecular flexibility index (Phi) is 4.34. The average Bonchev–Trinajstić information content (AvgIpc) is 2.58. The molecule has 0 aliphatic heterocycles. The predicted molar refractivity (Wildman–Crippen MR) is 62.7 cm³/mol. The summed E-state index contributed by atoms with van der Waals surface area (Å²) < 4.78 is 3.80. The van der Waals surface area contributed by atoms with Crippen molar-refractivity contribution in [3.8, 4) is 0 Å². The molecule has 0 spiro atoms. The number of nitrogens with zero attached hydrogens (tertiary/aromatic N) is 1. The summed E-state index contributed by atoms with van der Waals surface area (Å²) in [7, 11) is 0. The van der Waals surface area contributed by atoms with E-state index in [1.165, 1.54) is 6.92 Å². The summed E-state index contributed by atoms with van der Waals surface area (Å²) in [5.41, 5.74) is 5.50. The monoisotopic (exact) mass is 273 g/mol. The first-order valence-electron chi connectivity index (χ1n) is 4.80. The molecule has 0 saturated heterocycles. The molecule has 1 amide bonds. The van der Waals surface area contributed by atoms with E-state index in [9.17, 15) is 14.4 Å². The number of carboxylic acid groups (broad SMARTS) is 2. The Morgan fingerprint density at radius 3 is 2.56 bits per heavy atom. The van der Waals surface area contributed by atoms with Gasteiger partial charge < -0.3 is 21.3 Å². The number of nitrogens with two attached hydrogens (primary N) is 1. The number of aromatic nitrogens is 1. The highest BCUT2D eigenvalue weighted by Gasteiger charge is 2.22. The number of carbonyl (C=O) groups excluding carboxylic acids is 1. The molecule has 98 valence electrons. The first kappa shape index (κ1) is 14.1. The lowest BCUT2D eigenvalue weighted by Gasteiger charge is -2.08. The van der Waals surface area contributed by atoms with Crippen LogP contribution in [0.15, 0.2) is 0 Å². The fourth-order valence-corrected chi connectivity index (χ4v) is 1.98. The van der Waals surface area contributed by atoms with Gasteiger partial charge in [0.15, 0.2) is 0 Å². The largest absolute Gasteiger partial charge is 0.481 e. The van der Waals surface area contributed by atoms with Gasteiger partial charge in [0.2, 0.25) is 5.91 Å². The second kappa shape index (κ2) is 5.56. The van der Waals surface area contributed by atoms with E-state index < -0.39 is 30.3 Å². The summed E-state index contributed by atoms with van der Waals surface area (Å²) in [6, 6.07) is -1.24.